The van der Waals surface area contributed by atoms with Crippen LogP contribution in [0.15, 0.2) is 45.8 Å². The Kier molecular flexibility index (Phi) is 7.95. The largest absolute Gasteiger partial charge is 0.488 e. The summed E-state index contributed by atoms with van der Waals surface area (Å²) in [5.74, 6) is -0.843. The van der Waals surface area contributed by atoms with Gasteiger partial charge >= 0.3 is 0 Å². The Balaban J connectivity index is 1.52. The van der Waals surface area contributed by atoms with E-state index in [2.05, 4.69) is 15.9 Å². The van der Waals surface area contributed by atoms with Gasteiger partial charge in [0.25, 0.3) is 11.1 Å². The first-order chi connectivity index (χ1) is 16.3. The molecule has 0 unspecified atom stereocenters. The SMILES string of the molecule is O=C(CN1C(=O)S/C(=C\c2cc(Br)ccc2OCc2c(F)cccc2Cl)C1=O)N1CCCCC1. The van der Waals surface area contributed by atoms with Crippen LogP contribution in [0, 0.1) is 5.82 Å². The Bertz CT molecular complexity index is 1150. The zero-order valence-corrected chi connectivity index (χ0v) is 21.2. The number of ether oxygens (including phenoxy) is 1. The van der Waals surface area contributed by atoms with Crippen LogP contribution in [0.3, 0.4) is 0 Å². The van der Waals surface area contributed by atoms with Gasteiger partial charge in [0, 0.05) is 28.7 Å². The summed E-state index contributed by atoms with van der Waals surface area (Å²) in [6.45, 7) is 0.917. The molecular weight excluding hydrogens is 547 g/mol. The van der Waals surface area contributed by atoms with Gasteiger partial charge in [-0.2, -0.15) is 0 Å². The minimum atomic E-state index is -0.525. The molecule has 0 aliphatic carbocycles. The number of rotatable bonds is 6. The molecule has 2 aliphatic heterocycles. The molecule has 10 heteroatoms. The molecule has 0 radical (unpaired) electrons. The van der Waals surface area contributed by atoms with Gasteiger partial charge in [-0.25, -0.2) is 4.39 Å². The van der Waals surface area contributed by atoms with Crippen LogP contribution in [0.4, 0.5) is 9.18 Å². The van der Waals surface area contributed by atoms with Crippen molar-refractivity contribution in [2.24, 2.45) is 0 Å². The minimum absolute atomic E-state index is 0.111. The van der Waals surface area contributed by atoms with Crippen molar-refractivity contribution < 1.29 is 23.5 Å². The van der Waals surface area contributed by atoms with E-state index < -0.39 is 17.0 Å². The molecule has 0 N–H and O–H groups in total. The van der Waals surface area contributed by atoms with E-state index in [1.807, 2.05) is 0 Å². The highest BCUT2D eigenvalue weighted by Crippen LogP contribution is 2.35. The molecule has 2 fully saturated rings. The first-order valence-corrected chi connectivity index (χ1v) is 12.7. The predicted octanol–water partition coefficient (Wildman–Crippen LogP) is 5.87. The van der Waals surface area contributed by atoms with Crippen LogP contribution < -0.4 is 4.74 Å². The molecule has 6 nitrogen and oxygen atoms in total. The molecule has 2 saturated heterocycles. The second-order valence-electron chi connectivity index (χ2n) is 7.88. The van der Waals surface area contributed by atoms with E-state index in [1.54, 1.807) is 35.2 Å². The molecule has 3 amide bonds. The van der Waals surface area contributed by atoms with Gasteiger partial charge in [0.1, 0.15) is 24.7 Å². The van der Waals surface area contributed by atoms with Gasteiger partial charge in [-0.1, -0.05) is 33.6 Å². The number of hydrogen-bond acceptors (Lipinski definition) is 5. The lowest BCUT2D eigenvalue weighted by atomic mass is 10.1. The van der Waals surface area contributed by atoms with E-state index in [4.69, 9.17) is 16.3 Å². The fraction of sp³-hybridized carbons (Fsp3) is 0.292. The van der Waals surface area contributed by atoms with Crippen molar-refractivity contribution in [1.82, 2.24) is 9.80 Å². The summed E-state index contributed by atoms with van der Waals surface area (Å²) < 4.78 is 20.7. The zero-order valence-electron chi connectivity index (χ0n) is 18.1. The number of hydrogen-bond donors (Lipinski definition) is 0. The summed E-state index contributed by atoms with van der Waals surface area (Å²) in [4.78, 5) is 40.9. The summed E-state index contributed by atoms with van der Waals surface area (Å²) in [5.41, 5.74) is 0.740. The second kappa shape index (κ2) is 10.9. The van der Waals surface area contributed by atoms with Gasteiger partial charge in [0.15, 0.2) is 0 Å². The van der Waals surface area contributed by atoms with Crippen LogP contribution >= 0.6 is 39.3 Å². The van der Waals surface area contributed by atoms with Crippen LogP contribution in [0.25, 0.3) is 6.08 Å². The molecule has 0 atom stereocenters. The van der Waals surface area contributed by atoms with E-state index in [0.717, 1.165) is 40.4 Å². The minimum Gasteiger partial charge on any atom is -0.488 e. The van der Waals surface area contributed by atoms with Gasteiger partial charge in [-0.3, -0.25) is 19.3 Å². The molecule has 2 aromatic rings. The smallest absolute Gasteiger partial charge is 0.294 e. The number of imide groups is 1. The number of amides is 3. The van der Waals surface area contributed by atoms with Gasteiger partial charge in [-0.05, 0) is 67.4 Å². The molecule has 2 aromatic carbocycles. The highest BCUT2D eigenvalue weighted by molar-refractivity contribution is 9.10. The Morgan fingerprint density at radius 3 is 2.68 bits per heavy atom. The quantitative estimate of drug-likeness (QED) is 0.409. The summed E-state index contributed by atoms with van der Waals surface area (Å²) >= 11 is 10.3. The first-order valence-electron chi connectivity index (χ1n) is 10.7. The number of halogens is 3. The average molecular weight is 568 g/mol. The van der Waals surface area contributed by atoms with Crippen LogP contribution in [-0.4, -0.2) is 46.5 Å². The molecule has 2 heterocycles. The Morgan fingerprint density at radius 2 is 1.94 bits per heavy atom. The fourth-order valence-corrected chi connectivity index (χ4v) is 5.17. The third kappa shape index (κ3) is 5.64. The lowest BCUT2D eigenvalue weighted by Crippen LogP contribution is -2.44. The topological polar surface area (TPSA) is 66.9 Å². The number of carbonyl (C=O) groups excluding carboxylic acids is 3. The van der Waals surface area contributed by atoms with Crippen molar-refractivity contribution >= 4 is 62.4 Å². The standard InChI is InChI=1S/C24H21BrClFN2O4S/c25-16-7-8-20(33-14-17-18(26)5-4-6-19(17)27)15(11-16)12-21-23(31)29(24(32)34-21)13-22(30)28-9-2-1-3-10-28/h4-8,11-12H,1-3,9-10,13-14H2/b21-12-. The van der Waals surface area contributed by atoms with Crippen molar-refractivity contribution in [2.45, 2.75) is 25.9 Å². The van der Waals surface area contributed by atoms with Crippen molar-refractivity contribution in [2.75, 3.05) is 19.6 Å². The average Bonchev–Trinajstić information content (AvgIpc) is 3.07. The van der Waals surface area contributed by atoms with Crippen LogP contribution in [0.5, 0.6) is 5.75 Å². The first kappa shape index (κ1) is 24.8. The number of benzene rings is 2. The Hall–Kier alpha value is -2.36. The van der Waals surface area contributed by atoms with E-state index in [0.29, 0.717) is 24.4 Å². The molecule has 0 aromatic heterocycles. The summed E-state index contributed by atoms with van der Waals surface area (Å²) in [6.07, 6.45) is 4.47. The maximum Gasteiger partial charge on any atom is 0.294 e. The fourth-order valence-electron chi connectivity index (χ4n) is 3.74. The highest BCUT2D eigenvalue weighted by atomic mass is 79.9. The van der Waals surface area contributed by atoms with E-state index in [-0.39, 0.29) is 34.6 Å². The number of piperidine rings is 1. The number of nitrogens with zero attached hydrogens (tertiary/aromatic N) is 2. The van der Waals surface area contributed by atoms with Crippen LogP contribution in [0.1, 0.15) is 30.4 Å². The molecule has 4 rings (SSSR count). The van der Waals surface area contributed by atoms with Crippen molar-refractivity contribution in [3.8, 4) is 5.75 Å². The van der Waals surface area contributed by atoms with Crippen LogP contribution in [0.2, 0.25) is 5.02 Å². The van der Waals surface area contributed by atoms with E-state index in [9.17, 15) is 18.8 Å². The number of thioether (sulfide) groups is 1. The lowest BCUT2D eigenvalue weighted by molar-refractivity contribution is -0.136. The van der Waals surface area contributed by atoms with Crippen molar-refractivity contribution in [3.63, 3.8) is 0 Å². The van der Waals surface area contributed by atoms with Crippen molar-refractivity contribution in [3.05, 3.63) is 67.7 Å². The third-order valence-electron chi connectivity index (χ3n) is 5.57. The maximum absolute atomic E-state index is 14.1. The van der Waals surface area contributed by atoms with Gasteiger partial charge in [0.2, 0.25) is 5.91 Å². The molecule has 178 valence electrons. The molecule has 34 heavy (non-hydrogen) atoms. The molecule has 0 saturated carbocycles. The summed E-state index contributed by atoms with van der Waals surface area (Å²) in [5, 5.41) is -0.240. The monoisotopic (exact) mass is 566 g/mol. The highest BCUT2D eigenvalue weighted by Gasteiger charge is 2.37. The Morgan fingerprint density at radius 1 is 1.18 bits per heavy atom. The van der Waals surface area contributed by atoms with Crippen LogP contribution in [-0.2, 0) is 16.2 Å². The predicted molar refractivity (Wildman–Crippen MR) is 133 cm³/mol. The Labute approximate surface area is 214 Å². The second-order valence-corrected chi connectivity index (χ2v) is 10.2. The maximum atomic E-state index is 14.1. The van der Waals surface area contributed by atoms with Gasteiger partial charge < -0.3 is 9.64 Å². The molecule has 2 aliphatic rings. The molecule has 0 spiro atoms. The number of likely N-dealkylation sites (tertiary alicyclic amines) is 1. The van der Waals surface area contributed by atoms with Crippen molar-refractivity contribution in [1.29, 1.82) is 0 Å². The third-order valence-corrected chi connectivity index (χ3v) is 7.32. The van der Waals surface area contributed by atoms with E-state index >= 15 is 0 Å². The summed E-state index contributed by atoms with van der Waals surface area (Å²) in [6, 6.07) is 9.54. The molecule has 0 bridgehead atoms. The number of carbonyl (C=O) groups is 3. The van der Waals surface area contributed by atoms with Gasteiger partial charge in [-0.15, -0.1) is 0 Å². The van der Waals surface area contributed by atoms with Gasteiger partial charge in [0.05, 0.1) is 9.93 Å². The van der Waals surface area contributed by atoms with E-state index in [1.165, 1.54) is 12.1 Å². The summed E-state index contributed by atoms with van der Waals surface area (Å²) in [7, 11) is 0. The normalized spacial score (nSPS) is 17.6. The lowest BCUT2D eigenvalue weighted by Gasteiger charge is -2.27. The zero-order chi connectivity index (χ0) is 24.2. The molecular formula is C24H21BrClFN2O4S.